The summed E-state index contributed by atoms with van der Waals surface area (Å²) in [7, 11) is 1.66. The molecule has 1 aromatic heterocycles. The van der Waals surface area contributed by atoms with E-state index in [4.69, 9.17) is 18.8 Å². The Hall–Kier alpha value is -2.54. The van der Waals surface area contributed by atoms with Gasteiger partial charge < -0.3 is 14.0 Å². The van der Waals surface area contributed by atoms with Gasteiger partial charge in [-0.3, -0.25) is 10.3 Å². The van der Waals surface area contributed by atoms with Crippen LogP contribution in [-0.2, 0) is 15.9 Å². The Morgan fingerprint density at radius 1 is 1.17 bits per heavy atom. The molecular weight excluding hydrogens is 370 g/mol. The Morgan fingerprint density at radius 3 is 2.59 bits per heavy atom. The van der Waals surface area contributed by atoms with Crippen LogP contribution in [0.1, 0.15) is 70.7 Å². The molecule has 1 unspecified atom stereocenters. The number of nitrogens with one attached hydrogen (secondary N) is 1. The first-order chi connectivity index (χ1) is 13.8. The maximum absolute atomic E-state index is 6.21. The van der Waals surface area contributed by atoms with Gasteiger partial charge in [-0.1, -0.05) is 25.9 Å². The average molecular weight is 399 g/mol. The molecule has 1 aromatic carbocycles. The number of benzene rings is 1. The normalized spacial score (nSPS) is 22.4. The second-order valence-electron chi connectivity index (χ2n) is 8.93. The van der Waals surface area contributed by atoms with Crippen molar-refractivity contribution in [2.45, 2.75) is 70.5 Å². The van der Waals surface area contributed by atoms with E-state index in [0.717, 1.165) is 35.6 Å². The third kappa shape index (κ3) is 3.96. The zero-order chi connectivity index (χ0) is 20.6. The van der Waals surface area contributed by atoms with Gasteiger partial charge in [0.2, 0.25) is 11.7 Å². The average Bonchev–Trinajstić information content (AvgIpc) is 3.42. The largest absolute Gasteiger partial charge is 0.493 e. The van der Waals surface area contributed by atoms with E-state index in [1.807, 2.05) is 52.0 Å². The first-order valence-corrected chi connectivity index (χ1v) is 10.1. The molecule has 0 radical (unpaired) electrons. The van der Waals surface area contributed by atoms with Crippen LogP contribution in [0.4, 0.5) is 0 Å². The van der Waals surface area contributed by atoms with E-state index in [1.54, 1.807) is 7.11 Å². The number of ether oxygens (including phenoxy) is 2. The summed E-state index contributed by atoms with van der Waals surface area (Å²) in [6, 6.07) is 5.89. The molecule has 1 aliphatic heterocycles. The Balaban J connectivity index is 1.60. The van der Waals surface area contributed by atoms with Crippen LogP contribution in [-0.4, -0.2) is 23.4 Å². The highest BCUT2D eigenvalue weighted by atomic mass is 16.7. The van der Waals surface area contributed by atoms with Crippen LogP contribution in [0.5, 0.6) is 11.5 Å². The van der Waals surface area contributed by atoms with Crippen molar-refractivity contribution in [3.05, 3.63) is 41.6 Å². The van der Waals surface area contributed by atoms with Crippen molar-refractivity contribution in [1.82, 2.24) is 15.6 Å². The van der Waals surface area contributed by atoms with Crippen molar-refractivity contribution in [2.24, 2.45) is 0 Å². The van der Waals surface area contributed by atoms with Gasteiger partial charge in [0.15, 0.2) is 17.1 Å². The van der Waals surface area contributed by atoms with Crippen LogP contribution in [0, 0.1) is 0 Å². The number of hydroxylamine groups is 1. The summed E-state index contributed by atoms with van der Waals surface area (Å²) in [5.74, 6) is 2.55. The molecule has 2 heterocycles. The highest BCUT2D eigenvalue weighted by molar-refractivity contribution is 5.68. The van der Waals surface area contributed by atoms with Gasteiger partial charge in [0.1, 0.15) is 0 Å². The summed E-state index contributed by atoms with van der Waals surface area (Å²) >= 11 is 0. The lowest BCUT2D eigenvalue weighted by Gasteiger charge is -2.17. The van der Waals surface area contributed by atoms with E-state index in [1.165, 1.54) is 12.8 Å². The first-order valence-electron chi connectivity index (χ1n) is 10.1. The fourth-order valence-electron chi connectivity index (χ4n) is 3.60. The molecule has 156 valence electrons. The van der Waals surface area contributed by atoms with Crippen molar-refractivity contribution in [3.63, 3.8) is 0 Å². The minimum atomic E-state index is -0.825. The van der Waals surface area contributed by atoms with Crippen molar-refractivity contribution in [1.29, 1.82) is 0 Å². The number of hydrogen-bond acceptors (Lipinski definition) is 7. The molecule has 1 N–H and O–H groups in total. The third-order valence-corrected chi connectivity index (χ3v) is 5.37. The van der Waals surface area contributed by atoms with Gasteiger partial charge in [-0.15, -0.1) is 0 Å². The van der Waals surface area contributed by atoms with Crippen LogP contribution >= 0.6 is 0 Å². The van der Waals surface area contributed by atoms with Crippen LogP contribution in [0.25, 0.3) is 5.70 Å². The monoisotopic (exact) mass is 399 g/mol. The summed E-state index contributed by atoms with van der Waals surface area (Å²) < 4.78 is 17.1. The minimum absolute atomic E-state index is 0.220. The van der Waals surface area contributed by atoms with E-state index >= 15 is 0 Å². The third-order valence-electron chi connectivity index (χ3n) is 5.37. The molecule has 0 spiro atoms. The van der Waals surface area contributed by atoms with Crippen molar-refractivity contribution < 1.29 is 18.8 Å². The fraction of sp³-hybridized carbons (Fsp3) is 0.545. The second-order valence-corrected chi connectivity index (χ2v) is 8.93. The second kappa shape index (κ2) is 7.37. The molecule has 4 rings (SSSR count). The molecule has 1 atom stereocenters. The topological polar surface area (TPSA) is 78.6 Å². The molecule has 0 bridgehead atoms. The summed E-state index contributed by atoms with van der Waals surface area (Å²) in [5, 5.41) is 4.14. The quantitative estimate of drug-likeness (QED) is 0.794. The van der Waals surface area contributed by atoms with Crippen LogP contribution in [0.15, 0.2) is 28.8 Å². The van der Waals surface area contributed by atoms with Crippen LogP contribution < -0.4 is 15.0 Å². The van der Waals surface area contributed by atoms with E-state index in [-0.39, 0.29) is 11.5 Å². The van der Waals surface area contributed by atoms with Gasteiger partial charge in [-0.2, -0.15) is 4.98 Å². The molecule has 29 heavy (non-hydrogen) atoms. The van der Waals surface area contributed by atoms with Gasteiger partial charge in [0.05, 0.1) is 18.9 Å². The standard InChI is InChI=1S/C22H29N3O4/c1-21(2,3)20-23-19(25-28-20)22(4)13-16(24-29-22)14-10-11-17(26-5)18(12-14)27-15-8-6-7-9-15/h10-13,15,24H,6-9H2,1-5H3. The number of hydrogen-bond donors (Lipinski definition) is 1. The van der Waals surface area contributed by atoms with E-state index < -0.39 is 5.60 Å². The Morgan fingerprint density at radius 2 is 1.93 bits per heavy atom. The van der Waals surface area contributed by atoms with Gasteiger partial charge in [0, 0.05) is 11.0 Å². The first kappa shape index (κ1) is 19.8. The lowest BCUT2D eigenvalue weighted by Crippen LogP contribution is -2.25. The Kier molecular flexibility index (Phi) is 5.02. The number of methoxy groups -OCH3 is 1. The summed E-state index contributed by atoms with van der Waals surface area (Å²) in [4.78, 5) is 10.4. The van der Waals surface area contributed by atoms with Crippen molar-refractivity contribution in [3.8, 4) is 11.5 Å². The summed E-state index contributed by atoms with van der Waals surface area (Å²) in [6.45, 7) is 8.00. The lowest BCUT2D eigenvalue weighted by molar-refractivity contribution is -0.0319. The number of aromatic nitrogens is 2. The highest BCUT2D eigenvalue weighted by Gasteiger charge is 2.38. The van der Waals surface area contributed by atoms with E-state index in [9.17, 15) is 0 Å². The number of rotatable bonds is 5. The number of nitrogens with zero attached hydrogens (tertiary/aromatic N) is 2. The van der Waals surface area contributed by atoms with Gasteiger partial charge >= 0.3 is 0 Å². The molecule has 7 nitrogen and oxygen atoms in total. The minimum Gasteiger partial charge on any atom is -0.493 e. The van der Waals surface area contributed by atoms with E-state index in [0.29, 0.717) is 11.7 Å². The maximum Gasteiger partial charge on any atom is 0.232 e. The Bertz CT molecular complexity index is 909. The molecular formula is C22H29N3O4. The molecule has 0 amide bonds. The van der Waals surface area contributed by atoms with Crippen molar-refractivity contribution in [2.75, 3.05) is 7.11 Å². The zero-order valence-electron chi connectivity index (χ0n) is 17.7. The molecule has 1 fully saturated rings. The smallest absolute Gasteiger partial charge is 0.232 e. The Labute approximate surface area is 171 Å². The predicted octanol–water partition coefficient (Wildman–Crippen LogP) is 4.49. The maximum atomic E-state index is 6.21. The van der Waals surface area contributed by atoms with E-state index in [2.05, 4.69) is 15.6 Å². The zero-order valence-corrected chi connectivity index (χ0v) is 17.7. The molecule has 2 aliphatic rings. The molecule has 1 aliphatic carbocycles. The SMILES string of the molecule is COc1ccc(C2=CC(C)(c3noc(C(C)(C)C)n3)ON2)cc1OC1CCCC1. The fourth-order valence-corrected chi connectivity index (χ4v) is 3.60. The van der Waals surface area contributed by atoms with Crippen molar-refractivity contribution >= 4 is 5.70 Å². The van der Waals surface area contributed by atoms with Gasteiger partial charge in [-0.25, -0.2) is 0 Å². The molecule has 2 aromatic rings. The summed E-state index contributed by atoms with van der Waals surface area (Å²) in [6.07, 6.45) is 6.82. The van der Waals surface area contributed by atoms with Gasteiger partial charge in [0.25, 0.3) is 0 Å². The molecule has 0 saturated heterocycles. The van der Waals surface area contributed by atoms with Crippen LogP contribution in [0.2, 0.25) is 0 Å². The summed E-state index contributed by atoms with van der Waals surface area (Å²) in [5.41, 5.74) is 3.74. The highest BCUT2D eigenvalue weighted by Crippen LogP contribution is 2.38. The van der Waals surface area contributed by atoms with Gasteiger partial charge in [-0.05, 0) is 56.9 Å². The van der Waals surface area contributed by atoms with Crippen LogP contribution in [0.3, 0.4) is 0 Å². The predicted molar refractivity (Wildman–Crippen MR) is 108 cm³/mol. The lowest BCUT2D eigenvalue weighted by atomic mass is 9.97. The molecule has 7 heteroatoms. The molecule has 1 saturated carbocycles.